The molecule has 0 spiro atoms. The average molecular weight is 286 g/mol. The lowest BCUT2D eigenvalue weighted by Gasteiger charge is -2.25. The van der Waals surface area contributed by atoms with Gasteiger partial charge in [0.25, 0.3) is 0 Å². The van der Waals surface area contributed by atoms with E-state index in [1.807, 2.05) is 31.2 Å². The minimum atomic E-state index is -0.769. The molecule has 5 nitrogen and oxygen atoms in total. The summed E-state index contributed by atoms with van der Waals surface area (Å²) in [6.45, 7) is 2.02. The summed E-state index contributed by atoms with van der Waals surface area (Å²) in [6, 6.07) is 7.87. The number of aliphatic carboxylic acids is 1. The van der Waals surface area contributed by atoms with Crippen LogP contribution < -0.4 is 0 Å². The molecule has 0 bridgehead atoms. The van der Waals surface area contributed by atoms with Gasteiger partial charge in [0.2, 0.25) is 11.7 Å². The number of carboxylic acids is 1. The Balaban J connectivity index is 1.86. The number of rotatable bonds is 3. The van der Waals surface area contributed by atoms with Crippen LogP contribution in [0.2, 0.25) is 0 Å². The van der Waals surface area contributed by atoms with Crippen LogP contribution in [-0.2, 0) is 4.79 Å². The first-order chi connectivity index (χ1) is 10.1. The molecule has 21 heavy (non-hydrogen) atoms. The fraction of sp³-hybridized carbons (Fsp3) is 0.438. The highest BCUT2D eigenvalue weighted by Gasteiger charge is 2.35. The molecule has 1 heterocycles. The monoisotopic (exact) mass is 286 g/mol. The lowest BCUT2D eigenvalue weighted by atomic mass is 9.79. The topological polar surface area (TPSA) is 76.2 Å². The zero-order valence-corrected chi connectivity index (χ0v) is 12.0. The molecule has 3 rings (SSSR count). The quantitative estimate of drug-likeness (QED) is 0.935. The van der Waals surface area contributed by atoms with Crippen LogP contribution in [0.1, 0.15) is 43.1 Å². The SMILES string of the molecule is Cc1ccc(-c2noc(C3CCCCC3C(=O)O)n2)cc1. The Morgan fingerprint density at radius 1 is 1.24 bits per heavy atom. The number of carbonyl (C=O) groups is 1. The van der Waals surface area contributed by atoms with Crippen LogP contribution in [0.15, 0.2) is 28.8 Å². The van der Waals surface area contributed by atoms with E-state index in [1.54, 1.807) is 0 Å². The van der Waals surface area contributed by atoms with Crippen LogP contribution in [0.25, 0.3) is 11.4 Å². The molecular weight excluding hydrogens is 268 g/mol. The molecule has 1 aromatic carbocycles. The van der Waals surface area contributed by atoms with Crippen molar-refractivity contribution in [2.24, 2.45) is 5.92 Å². The van der Waals surface area contributed by atoms with Gasteiger partial charge in [0.15, 0.2) is 0 Å². The fourth-order valence-corrected chi connectivity index (χ4v) is 2.93. The van der Waals surface area contributed by atoms with Gasteiger partial charge in [-0.2, -0.15) is 4.98 Å². The fourth-order valence-electron chi connectivity index (χ4n) is 2.93. The summed E-state index contributed by atoms with van der Waals surface area (Å²) in [5.74, 6) is -0.361. The van der Waals surface area contributed by atoms with Gasteiger partial charge in [-0.3, -0.25) is 4.79 Å². The van der Waals surface area contributed by atoms with Crippen LogP contribution in [-0.4, -0.2) is 21.2 Å². The van der Waals surface area contributed by atoms with Gasteiger partial charge in [-0.25, -0.2) is 0 Å². The van der Waals surface area contributed by atoms with E-state index in [1.165, 1.54) is 5.56 Å². The van der Waals surface area contributed by atoms with Gasteiger partial charge in [-0.1, -0.05) is 47.8 Å². The van der Waals surface area contributed by atoms with Gasteiger partial charge in [0.05, 0.1) is 11.8 Å². The molecule has 2 aromatic rings. The maximum Gasteiger partial charge on any atom is 0.307 e. The zero-order valence-electron chi connectivity index (χ0n) is 12.0. The van der Waals surface area contributed by atoms with Gasteiger partial charge in [-0.15, -0.1) is 0 Å². The molecule has 0 amide bonds. The van der Waals surface area contributed by atoms with Crippen molar-refractivity contribution >= 4 is 5.97 Å². The Morgan fingerprint density at radius 3 is 2.67 bits per heavy atom. The van der Waals surface area contributed by atoms with E-state index in [-0.39, 0.29) is 5.92 Å². The first kappa shape index (κ1) is 13.8. The molecule has 0 aliphatic heterocycles. The standard InChI is InChI=1S/C16H18N2O3/c1-10-6-8-11(9-7-10)14-17-15(21-18-14)12-4-2-3-5-13(12)16(19)20/h6-9,12-13H,2-5H2,1H3,(H,19,20). The van der Waals surface area contributed by atoms with Crippen molar-refractivity contribution in [1.82, 2.24) is 10.1 Å². The van der Waals surface area contributed by atoms with Crippen LogP contribution in [0.5, 0.6) is 0 Å². The van der Waals surface area contributed by atoms with Crippen molar-refractivity contribution < 1.29 is 14.4 Å². The second-order valence-corrected chi connectivity index (χ2v) is 5.66. The Bertz CT molecular complexity index is 633. The Morgan fingerprint density at radius 2 is 1.95 bits per heavy atom. The Kier molecular flexibility index (Phi) is 3.73. The average Bonchev–Trinajstić information content (AvgIpc) is 2.97. The molecule has 0 saturated heterocycles. The largest absolute Gasteiger partial charge is 0.481 e. The molecular formula is C16H18N2O3. The van der Waals surface area contributed by atoms with Crippen molar-refractivity contribution in [3.05, 3.63) is 35.7 Å². The molecule has 110 valence electrons. The van der Waals surface area contributed by atoms with Crippen LogP contribution in [0.4, 0.5) is 0 Å². The van der Waals surface area contributed by atoms with Crippen molar-refractivity contribution in [2.75, 3.05) is 0 Å². The molecule has 1 aliphatic carbocycles. The summed E-state index contributed by atoms with van der Waals surface area (Å²) in [6.07, 6.45) is 3.44. The van der Waals surface area contributed by atoms with Crippen LogP contribution in [0.3, 0.4) is 0 Å². The van der Waals surface area contributed by atoms with E-state index < -0.39 is 11.9 Å². The highest BCUT2D eigenvalue weighted by molar-refractivity contribution is 5.71. The maximum atomic E-state index is 11.4. The lowest BCUT2D eigenvalue weighted by molar-refractivity contribution is -0.143. The van der Waals surface area contributed by atoms with Crippen molar-refractivity contribution in [3.8, 4) is 11.4 Å². The second kappa shape index (κ2) is 5.68. The Hall–Kier alpha value is -2.17. The third kappa shape index (κ3) is 2.82. The number of aryl methyl sites for hydroxylation is 1. The minimum Gasteiger partial charge on any atom is -0.481 e. The molecule has 1 aliphatic rings. The maximum absolute atomic E-state index is 11.4. The molecule has 2 atom stereocenters. The first-order valence-electron chi connectivity index (χ1n) is 7.28. The van der Waals surface area contributed by atoms with Crippen molar-refractivity contribution in [3.63, 3.8) is 0 Å². The number of aromatic nitrogens is 2. The number of nitrogens with zero attached hydrogens (tertiary/aromatic N) is 2. The van der Waals surface area contributed by atoms with E-state index in [0.717, 1.165) is 24.8 Å². The molecule has 5 heteroatoms. The van der Waals surface area contributed by atoms with E-state index in [0.29, 0.717) is 18.1 Å². The molecule has 2 unspecified atom stereocenters. The highest BCUT2D eigenvalue weighted by atomic mass is 16.5. The van der Waals surface area contributed by atoms with Crippen LogP contribution >= 0.6 is 0 Å². The van der Waals surface area contributed by atoms with E-state index in [4.69, 9.17) is 4.52 Å². The summed E-state index contributed by atoms with van der Waals surface area (Å²) < 4.78 is 5.34. The number of carboxylic acid groups (broad SMARTS) is 1. The summed E-state index contributed by atoms with van der Waals surface area (Å²) in [5.41, 5.74) is 2.05. The van der Waals surface area contributed by atoms with Crippen molar-refractivity contribution in [1.29, 1.82) is 0 Å². The highest BCUT2D eigenvalue weighted by Crippen LogP contribution is 2.37. The van der Waals surface area contributed by atoms with E-state index in [2.05, 4.69) is 10.1 Å². The van der Waals surface area contributed by atoms with Crippen molar-refractivity contribution in [2.45, 2.75) is 38.5 Å². The van der Waals surface area contributed by atoms with E-state index in [9.17, 15) is 9.90 Å². The summed E-state index contributed by atoms with van der Waals surface area (Å²) in [7, 11) is 0. The third-order valence-electron chi connectivity index (χ3n) is 4.15. The predicted octanol–water partition coefficient (Wildman–Crippen LogP) is 3.40. The molecule has 1 aromatic heterocycles. The number of hydrogen-bond acceptors (Lipinski definition) is 4. The van der Waals surface area contributed by atoms with Gasteiger partial charge in [0.1, 0.15) is 0 Å². The van der Waals surface area contributed by atoms with Gasteiger partial charge in [-0.05, 0) is 19.8 Å². The van der Waals surface area contributed by atoms with Crippen LogP contribution in [0, 0.1) is 12.8 Å². The second-order valence-electron chi connectivity index (χ2n) is 5.66. The molecule has 0 radical (unpaired) electrons. The molecule has 1 N–H and O–H groups in total. The van der Waals surface area contributed by atoms with Gasteiger partial charge >= 0.3 is 5.97 Å². The predicted molar refractivity (Wildman–Crippen MR) is 76.8 cm³/mol. The summed E-state index contributed by atoms with van der Waals surface area (Å²) >= 11 is 0. The van der Waals surface area contributed by atoms with E-state index >= 15 is 0 Å². The zero-order chi connectivity index (χ0) is 14.8. The normalized spacial score (nSPS) is 22.1. The summed E-state index contributed by atoms with van der Waals surface area (Å²) in [5, 5.41) is 13.3. The first-order valence-corrected chi connectivity index (χ1v) is 7.28. The smallest absolute Gasteiger partial charge is 0.307 e. The van der Waals surface area contributed by atoms with Gasteiger partial charge < -0.3 is 9.63 Å². The Labute approximate surface area is 123 Å². The summed E-state index contributed by atoms with van der Waals surface area (Å²) in [4.78, 5) is 15.8. The minimum absolute atomic E-state index is 0.164. The molecule has 1 saturated carbocycles. The number of benzene rings is 1. The third-order valence-corrected chi connectivity index (χ3v) is 4.15. The molecule has 1 fully saturated rings. The lowest BCUT2D eigenvalue weighted by Crippen LogP contribution is -2.25. The number of hydrogen-bond donors (Lipinski definition) is 1. The van der Waals surface area contributed by atoms with Gasteiger partial charge in [0, 0.05) is 5.56 Å².